The molecule has 2 aromatic rings. The molecule has 0 radical (unpaired) electrons. The van der Waals surface area contributed by atoms with Crippen molar-refractivity contribution >= 4 is 25.3 Å². The topological polar surface area (TPSA) is 18.5 Å². The van der Waals surface area contributed by atoms with Gasteiger partial charge in [0.25, 0.3) is 0 Å². The molecular formula is C14H10F6O2S2. The molecule has 0 aliphatic carbocycles. The fraction of sp³-hybridized carbons (Fsp3) is 0.143. The number of alkyl halides is 6. The summed E-state index contributed by atoms with van der Waals surface area (Å²) in [7, 11) is 0. The lowest BCUT2D eigenvalue weighted by atomic mass is 10.3. The summed E-state index contributed by atoms with van der Waals surface area (Å²) in [5, 5.41) is 0. The average Bonchev–Trinajstić information content (AvgIpc) is 2.35. The molecule has 0 atom stereocenters. The molecule has 0 bridgehead atoms. The normalized spacial score (nSPS) is 11.3. The van der Waals surface area contributed by atoms with Crippen molar-refractivity contribution in [2.24, 2.45) is 0 Å². The minimum absolute atomic E-state index is 0.255. The van der Waals surface area contributed by atoms with Crippen molar-refractivity contribution in [1.29, 1.82) is 0 Å². The minimum atomic E-state index is -4.64. The third kappa shape index (κ3) is 9.46. The van der Waals surface area contributed by atoms with Gasteiger partial charge in [0.2, 0.25) is 0 Å². The zero-order valence-electron chi connectivity index (χ0n) is 11.6. The van der Waals surface area contributed by atoms with Crippen molar-refractivity contribution in [3.05, 3.63) is 48.5 Å². The van der Waals surface area contributed by atoms with Crippen LogP contribution in [0.5, 0.6) is 11.5 Å². The highest BCUT2D eigenvalue weighted by atomic mass is 32.1. The monoisotopic (exact) mass is 388 g/mol. The van der Waals surface area contributed by atoms with Crippen LogP contribution in [-0.2, 0) is 0 Å². The predicted molar refractivity (Wildman–Crippen MR) is 80.8 cm³/mol. The van der Waals surface area contributed by atoms with Crippen molar-refractivity contribution < 1.29 is 35.8 Å². The van der Waals surface area contributed by atoms with E-state index in [-0.39, 0.29) is 11.5 Å². The Morgan fingerprint density at radius 2 is 0.958 bits per heavy atom. The molecule has 0 saturated carbocycles. The van der Waals surface area contributed by atoms with Gasteiger partial charge >= 0.3 is 12.7 Å². The molecule has 24 heavy (non-hydrogen) atoms. The number of rotatable bonds is 2. The fourth-order valence-electron chi connectivity index (χ4n) is 1.36. The van der Waals surface area contributed by atoms with E-state index >= 15 is 0 Å². The lowest BCUT2D eigenvalue weighted by molar-refractivity contribution is -0.275. The van der Waals surface area contributed by atoms with Gasteiger partial charge in [-0.2, -0.15) is 0 Å². The highest BCUT2D eigenvalue weighted by Crippen LogP contribution is 2.25. The lowest BCUT2D eigenvalue weighted by Gasteiger charge is -2.08. The standard InChI is InChI=1S/2C7H5F3OS/c2*8-7(9,10)11-5-2-1-3-6(12)4-5/h2*1-4,12H. The first-order valence-corrected chi connectivity index (χ1v) is 6.93. The van der Waals surface area contributed by atoms with Crippen LogP contribution in [0.2, 0.25) is 0 Å². The SMILES string of the molecule is FC(F)(F)Oc1cccc(S)c1.FC(F)(F)Oc1cccc(S)c1. The average molecular weight is 388 g/mol. The van der Waals surface area contributed by atoms with Gasteiger partial charge in [0, 0.05) is 9.79 Å². The van der Waals surface area contributed by atoms with E-state index in [1.165, 1.54) is 36.4 Å². The smallest absolute Gasteiger partial charge is 0.406 e. The van der Waals surface area contributed by atoms with E-state index in [1.54, 1.807) is 12.1 Å². The quantitative estimate of drug-likeness (QED) is 0.504. The van der Waals surface area contributed by atoms with Crippen molar-refractivity contribution in [1.82, 2.24) is 0 Å². The first-order chi connectivity index (χ1) is 10.9. The molecule has 0 aliphatic rings. The van der Waals surface area contributed by atoms with E-state index in [9.17, 15) is 26.3 Å². The largest absolute Gasteiger partial charge is 0.573 e. The lowest BCUT2D eigenvalue weighted by Crippen LogP contribution is -2.16. The highest BCUT2D eigenvalue weighted by molar-refractivity contribution is 7.80. The third-order valence-electron chi connectivity index (χ3n) is 2.10. The molecule has 2 nitrogen and oxygen atoms in total. The molecule has 0 aromatic heterocycles. The van der Waals surface area contributed by atoms with E-state index in [4.69, 9.17) is 0 Å². The van der Waals surface area contributed by atoms with Gasteiger partial charge in [0.15, 0.2) is 0 Å². The molecule has 0 heterocycles. The molecule has 10 heteroatoms. The zero-order chi connectivity index (χ0) is 18.4. The Labute approximate surface area is 144 Å². The number of ether oxygens (including phenoxy) is 2. The Hall–Kier alpha value is -1.68. The Bertz CT molecular complexity index is 601. The first kappa shape index (κ1) is 20.4. The van der Waals surface area contributed by atoms with Crippen LogP contribution in [0, 0.1) is 0 Å². The van der Waals surface area contributed by atoms with Crippen molar-refractivity contribution in [3.8, 4) is 11.5 Å². The van der Waals surface area contributed by atoms with Crippen LogP contribution in [0.15, 0.2) is 58.3 Å². The maximum atomic E-state index is 11.6. The molecule has 0 aliphatic heterocycles. The van der Waals surface area contributed by atoms with Crippen LogP contribution in [0.3, 0.4) is 0 Å². The first-order valence-electron chi connectivity index (χ1n) is 6.04. The fourth-order valence-corrected chi connectivity index (χ4v) is 1.79. The maximum absolute atomic E-state index is 11.6. The molecule has 0 spiro atoms. The van der Waals surface area contributed by atoms with E-state index < -0.39 is 12.7 Å². The minimum Gasteiger partial charge on any atom is -0.406 e. The van der Waals surface area contributed by atoms with Gasteiger partial charge in [-0.1, -0.05) is 12.1 Å². The van der Waals surface area contributed by atoms with E-state index in [1.807, 2.05) is 0 Å². The van der Waals surface area contributed by atoms with Crippen LogP contribution in [-0.4, -0.2) is 12.7 Å². The second-order valence-corrected chi connectivity index (χ2v) is 5.12. The van der Waals surface area contributed by atoms with Gasteiger partial charge < -0.3 is 9.47 Å². The van der Waals surface area contributed by atoms with Crippen LogP contribution in [0.25, 0.3) is 0 Å². The summed E-state index contributed by atoms with van der Waals surface area (Å²) in [6.45, 7) is 0. The Balaban J connectivity index is 0.000000240. The predicted octanol–water partition coefficient (Wildman–Crippen LogP) is 5.75. The molecule has 2 rings (SSSR count). The second kappa shape index (κ2) is 8.43. The Morgan fingerprint density at radius 1 is 0.625 bits per heavy atom. The number of halogens is 6. The molecular weight excluding hydrogens is 378 g/mol. The van der Waals surface area contributed by atoms with Crippen molar-refractivity contribution in [2.75, 3.05) is 0 Å². The van der Waals surface area contributed by atoms with Crippen LogP contribution < -0.4 is 9.47 Å². The van der Waals surface area contributed by atoms with Crippen LogP contribution >= 0.6 is 25.3 Å². The van der Waals surface area contributed by atoms with Crippen LogP contribution in [0.1, 0.15) is 0 Å². The highest BCUT2D eigenvalue weighted by Gasteiger charge is 2.31. The van der Waals surface area contributed by atoms with Gasteiger partial charge in [-0.15, -0.1) is 51.6 Å². The molecule has 0 saturated heterocycles. The third-order valence-corrected chi connectivity index (χ3v) is 2.66. The Morgan fingerprint density at radius 3 is 1.21 bits per heavy atom. The van der Waals surface area contributed by atoms with Crippen LogP contribution in [0.4, 0.5) is 26.3 Å². The summed E-state index contributed by atoms with van der Waals surface area (Å²) in [6.07, 6.45) is -9.27. The van der Waals surface area contributed by atoms with Gasteiger partial charge in [0.1, 0.15) is 11.5 Å². The number of hydrogen-bond acceptors (Lipinski definition) is 4. The molecule has 0 N–H and O–H groups in total. The molecule has 132 valence electrons. The zero-order valence-corrected chi connectivity index (χ0v) is 13.4. The molecule has 2 aromatic carbocycles. The van der Waals surface area contributed by atoms with Gasteiger partial charge in [-0.05, 0) is 36.4 Å². The molecule has 0 fully saturated rings. The second-order valence-electron chi connectivity index (χ2n) is 4.09. The van der Waals surface area contributed by atoms with Gasteiger partial charge in [-0.3, -0.25) is 0 Å². The number of benzene rings is 2. The number of thiol groups is 2. The van der Waals surface area contributed by atoms with E-state index in [0.717, 1.165) is 0 Å². The van der Waals surface area contributed by atoms with E-state index in [0.29, 0.717) is 9.79 Å². The Kier molecular flexibility index (Phi) is 7.15. The summed E-state index contributed by atoms with van der Waals surface area (Å²) in [5.41, 5.74) is 0. The van der Waals surface area contributed by atoms with Crippen molar-refractivity contribution in [2.45, 2.75) is 22.5 Å². The maximum Gasteiger partial charge on any atom is 0.573 e. The van der Waals surface area contributed by atoms with Gasteiger partial charge in [0.05, 0.1) is 0 Å². The summed E-state index contributed by atoms with van der Waals surface area (Å²) in [5.74, 6) is -0.509. The van der Waals surface area contributed by atoms with Gasteiger partial charge in [-0.25, -0.2) is 0 Å². The summed E-state index contributed by atoms with van der Waals surface area (Å²) >= 11 is 7.71. The summed E-state index contributed by atoms with van der Waals surface area (Å²) in [4.78, 5) is 0.855. The van der Waals surface area contributed by atoms with E-state index in [2.05, 4.69) is 34.7 Å². The summed E-state index contributed by atoms with van der Waals surface area (Å²) < 4.78 is 77.0. The molecule has 0 unspecified atom stereocenters. The molecule has 0 amide bonds. The van der Waals surface area contributed by atoms with Crippen molar-refractivity contribution in [3.63, 3.8) is 0 Å². The summed E-state index contributed by atoms with van der Waals surface area (Å²) in [6, 6.07) is 10.8. The number of hydrogen-bond donors (Lipinski definition) is 2.